The molecule has 1 unspecified atom stereocenters. The average Bonchev–Trinajstić information content (AvgIpc) is 2.86. The summed E-state index contributed by atoms with van der Waals surface area (Å²) in [6.07, 6.45) is 13.6. The lowest BCUT2D eigenvalue weighted by atomic mass is 9.81. The van der Waals surface area contributed by atoms with Crippen LogP contribution in [0.2, 0.25) is 0 Å². The molecule has 0 bridgehead atoms. The zero-order chi connectivity index (χ0) is 23.5. The van der Waals surface area contributed by atoms with E-state index in [1.807, 2.05) is 24.3 Å². The lowest BCUT2D eigenvalue weighted by Gasteiger charge is -2.37. The fourth-order valence-electron chi connectivity index (χ4n) is 5.14. The predicted molar refractivity (Wildman–Crippen MR) is 136 cm³/mol. The van der Waals surface area contributed by atoms with Gasteiger partial charge in [0.05, 0.1) is 18.7 Å². The highest BCUT2D eigenvalue weighted by molar-refractivity contribution is 5.84. The van der Waals surface area contributed by atoms with Crippen molar-refractivity contribution in [1.82, 2.24) is 9.88 Å². The monoisotopic (exact) mass is 449 g/mol. The molecule has 1 aliphatic rings. The molecule has 0 amide bonds. The number of rotatable bonds is 13. The molecule has 0 saturated carbocycles. The number of ether oxygens (including phenoxy) is 1. The third-order valence-corrected chi connectivity index (χ3v) is 7.11. The highest BCUT2D eigenvalue weighted by Crippen LogP contribution is 2.35. The number of benzene rings is 1. The topological polar surface area (TPSA) is 74.1 Å². The molecule has 33 heavy (non-hydrogen) atoms. The Labute approximate surface area is 198 Å². The van der Waals surface area contributed by atoms with Crippen LogP contribution in [0, 0.1) is 11.8 Å². The highest BCUT2D eigenvalue weighted by Gasteiger charge is 2.28. The lowest BCUT2D eigenvalue weighted by molar-refractivity contribution is 0.134. The van der Waals surface area contributed by atoms with Crippen LogP contribution in [0.15, 0.2) is 48.2 Å². The summed E-state index contributed by atoms with van der Waals surface area (Å²) in [4.78, 5) is 10.3. The number of azide groups is 1. The van der Waals surface area contributed by atoms with E-state index in [-0.39, 0.29) is 6.04 Å². The van der Waals surface area contributed by atoms with E-state index in [9.17, 15) is 5.53 Å². The minimum atomic E-state index is -0.213. The third-order valence-electron chi connectivity index (χ3n) is 7.11. The summed E-state index contributed by atoms with van der Waals surface area (Å²) >= 11 is 0. The van der Waals surface area contributed by atoms with Gasteiger partial charge >= 0.3 is 0 Å². The minimum absolute atomic E-state index is 0.213. The Balaban J connectivity index is 1.63. The number of aromatic nitrogens is 1. The van der Waals surface area contributed by atoms with Gasteiger partial charge in [-0.05, 0) is 86.0 Å². The fraction of sp³-hybridized carbons (Fsp3) is 0.593. The van der Waals surface area contributed by atoms with E-state index in [1.54, 1.807) is 13.3 Å². The first-order valence-electron chi connectivity index (χ1n) is 12.5. The smallest absolute Gasteiger partial charge is 0.119 e. The Morgan fingerprint density at radius 2 is 2.15 bits per heavy atom. The van der Waals surface area contributed by atoms with Gasteiger partial charge in [0.15, 0.2) is 0 Å². The standard InChI is InChI=1S/C27H39N5O/c1-4-6-7-8-9-17-32-18-15-22(21(5-2)20-32)10-12-27(30-31-28)24-14-16-29-26-13-11-23(33-3)19-25(24)26/h5,11,13-14,16,19,21-22,27H,2,4,6-10,12,15,17-18,20H2,1,3H3/t21-,22+,27?/m0/s1. The normalized spacial score (nSPS) is 19.7. The first-order chi connectivity index (χ1) is 16.2. The molecule has 0 N–H and O–H groups in total. The number of pyridine rings is 1. The number of nitrogens with zero attached hydrogens (tertiary/aromatic N) is 5. The van der Waals surface area contributed by atoms with Gasteiger partial charge in [-0.2, -0.15) is 0 Å². The molecule has 3 rings (SSSR count). The van der Waals surface area contributed by atoms with Gasteiger partial charge in [0, 0.05) is 23.0 Å². The summed E-state index contributed by atoms with van der Waals surface area (Å²) in [5, 5.41) is 5.18. The average molecular weight is 450 g/mol. The van der Waals surface area contributed by atoms with Crippen molar-refractivity contribution in [3.05, 3.63) is 59.1 Å². The Bertz CT molecular complexity index is 939. The van der Waals surface area contributed by atoms with Crippen LogP contribution < -0.4 is 4.74 Å². The number of piperidine rings is 1. The number of hydrogen-bond acceptors (Lipinski definition) is 4. The van der Waals surface area contributed by atoms with Gasteiger partial charge in [0.2, 0.25) is 0 Å². The third kappa shape index (κ3) is 6.96. The van der Waals surface area contributed by atoms with Crippen LogP contribution in [-0.2, 0) is 0 Å². The van der Waals surface area contributed by atoms with Crippen LogP contribution in [0.25, 0.3) is 21.3 Å². The molecule has 178 valence electrons. The van der Waals surface area contributed by atoms with Crippen LogP contribution >= 0.6 is 0 Å². The van der Waals surface area contributed by atoms with Gasteiger partial charge in [-0.1, -0.05) is 43.8 Å². The van der Waals surface area contributed by atoms with Crippen molar-refractivity contribution >= 4 is 10.9 Å². The van der Waals surface area contributed by atoms with Gasteiger partial charge in [-0.15, -0.1) is 6.58 Å². The van der Waals surface area contributed by atoms with Crippen molar-refractivity contribution in [1.29, 1.82) is 0 Å². The Kier molecular flexibility index (Phi) is 10.0. The van der Waals surface area contributed by atoms with Crippen molar-refractivity contribution in [3.63, 3.8) is 0 Å². The first kappa shape index (κ1) is 25.1. The summed E-state index contributed by atoms with van der Waals surface area (Å²) in [5.41, 5.74) is 11.2. The van der Waals surface area contributed by atoms with Crippen molar-refractivity contribution in [2.45, 2.75) is 64.3 Å². The minimum Gasteiger partial charge on any atom is -0.497 e. The summed E-state index contributed by atoms with van der Waals surface area (Å²) < 4.78 is 5.41. The van der Waals surface area contributed by atoms with Gasteiger partial charge < -0.3 is 9.64 Å². The van der Waals surface area contributed by atoms with Gasteiger partial charge in [0.1, 0.15) is 5.75 Å². The molecule has 3 atom stereocenters. The van der Waals surface area contributed by atoms with Crippen LogP contribution in [-0.4, -0.2) is 36.6 Å². The largest absolute Gasteiger partial charge is 0.497 e. The van der Waals surface area contributed by atoms with Crippen LogP contribution in [0.1, 0.15) is 69.9 Å². The van der Waals surface area contributed by atoms with E-state index in [4.69, 9.17) is 4.74 Å². The molecule has 0 spiro atoms. The van der Waals surface area contributed by atoms with E-state index in [0.717, 1.165) is 48.1 Å². The second-order valence-corrected chi connectivity index (χ2v) is 9.24. The fourth-order valence-corrected chi connectivity index (χ4v) is 5.14. The number of likely N-dealkylation sites (tertiary alicyclic amines) is 1. The Hall–Kier alpha value is -2.56. The summed E-state index contributed by atoms with van der Waals surface area (Å²) in [6.45, 7) is 9.86. The molecule has 1 saturated heterocycles. The predicted octanol–water partition coefficient (Wildman–Crippen LogP) is 7.47. The van der Waals surface area contributed by atoms with Crippen LogP contribution in [0.4, 0.5) is 0 Å². The molecule has 2 aromatic rings. The second-order valence-electron chi connectivity index (χ2n) is 9.24. The summed E-state index contributed by atoms with van der Waals surface area (Å²) in [5.74, 6) is 1.86. The molecular formula is C27H39N5O. The number of hydrogen-bond donors (Lipinski definition) is 0. The van der Waals surface area contributed by atoms with E-state index in [2.05, 4.69) is 39.5 Å². The zero-order valence-electron chi connectivity index (χ0n) is 20.3. The Morgan fingerprint density at radius 3 is 2.91 bits per heavy atom. The SMILES string of the molecule is C=C[C@H]1CN(CCCCCCC)CC[C@H]1CCC(N=[N+]=[N-])c1ccnc2ccc(OC)cc12. The molecule has 2 heterocycles. The second kappa shape index (κ2) is 13.2. The Morgan fingerprint density at radius 1 is 1.30 bits per heavy atom. The van der Waals surface area contributed by atoms with Gasteiger partial charge in [0.25, 0.3) is 0 Å². The molecule has 1 fully saturated rings. The van der Waals surface area contributed by atoms with E-state index >= 15 is 0 Å². The maximum absolute atomic E-state index is 9.27. The van der Waals surface area contributed by atoms with E-state index in [1.165, 1.54) is 45.1 Å². The van der Waals surface area contributed by atoms with Crippen molar-refractivity contribution in [3.8, 4) is 5.75 Å². The molecule has 0 aliphatic carbocycles. The maximum Gasteiger partial charge on any atom is 0.119 e. The van der Waals surface area contributed by atoms with Crippen molar-refractivity contribution in [2.75, 3.05) is 26.7 Å². The van der Waals surface area contributed by atoms with Gasteiger partial charge in [-0.25, -0.2) is 0 Å². The molecule has 1 aromatic carbocycles. The van der Waals surface area contributed by atoms with E-state index < -0.39 is 0 Å². The zero-order valence-corrected chi connectivity index (χ0v) is 20.3. The van der Waals surface area contributed by atoms with E-state index in [0.29, 0.717) is 11.8 Å². The molecule has 1 aromatic heterocycles. The van der Waals surface area contributed by atoms with Gasteiger partial charge in [-0.3, -0.25) is 4.98 Å². The molecule has 6 heteroatoms. The lowest BCUT2D eigenvalue weighted by Crippen LogP contribution is -2.40. The molecule has 1 aliphatic heterocycles. The maximum atomic E-state index is 9.27. The number of fused-ring (bicyclic) bond motifs is 1. The highest BCUT2D eigenvalue weighted by atomic mass is 16.5. The van der Waals surface area contributed by atoms with Crippen LogP contribution in [0.3, 0.4) is 0 Å². The first-order valence-corrected chi connectivity index (χ1v) is 12.5. The molecule has 0 radical (unpaired) electrons. The number of methoxy groups -OCH3 is 1. The molecule has 6 nitrogen and oxygen atoms in total. The summed E-state index contributed by atoms with van der Waals surface area (Å²) in [6, 6.07) is 7.62. The van der Waals surface area contributed by atoms with Crippen LogP contribution in [0.5, 0.6) is 5.75 Å². The molecular weight excluding hydrogens is 410 g/mol. The number of unbranched alkanes of at least 4 members (excludes halogenated alkanes) is 4. The van der Waals surface area contributed by atoms with Crippen molar-refractivity contribution < 1.29 is 4.74 Å². The quantitative estimate of drug-likeness (QED) is 0.105. The van der Waals surface area contributed by atoms with Crippen molar-refractivity contribution in [2.24, 2.45) is 17.0 Å². The summed E-state index contributed by atoms with van der Waals surface area (Å²) in [7, 11) is 1.66.